The number of piperidine rings is 1. The molecule has 0 radical (unpaired) electrons. The molecule has 0 aromatic rings. The van der Waals surface area contributed by atoms with Crippen LogP contribution in [0.15, 0.2) is 0 Å². The average molecular weight is 243 g/mol. The van der Waals surface area contributed by atoms with Crippen molar-refractivity contribution in [2.75, 3.05) is 20.2 Å². The first-order valence-corrected chi connectivity index (χ1v) is 6.22. The fourth-order valence-electron chi connectivity index (χ4n) is 2.40. The Kier molecular flexibility index (Phi) is 4.91. The monoisotopic (exact) mass is 243 g/mol. The zero-order valence-electron chi connectivity index (χ0n) is 11.1. The third kappa shape index (κ3) is 3.94. The van der Waals surface area contributed by atoms with Crippen LogP contribution in [0.1, 0.15) is 33.1 Å². The van der Waals surface area contributed by atoms with Crippen LogP contribution in [0.2, 0.25) is 0 Å². The summed E-state index contributed by atoms with van der Waals surface area (Å²) in [4.78, 5) is 13.5. The molecule has 3 unspecified atom stereocenters. The van der Waals surface area contributed by atoms with Gasteiger partial charge in [-0.3, -0.25) is 9.69 Å². The van der Waals surface area contributed by atoms with Crippen molar-refractivity contribution in [2.24, 2.45) is 11.5 Å². The van der Waals surface area contributed by atoms with Gasteiger partial charge in [0.25, 0.3) is 0 Å². The molecule has 0 aromatic carbocycles. The molecule has 0 aliphatic carbocycles. The Balaban J connectivity index is 2.52. The van der Waals surface area contributed by atoms with Crippen molar-refractivity contribution in [3.8, 4) is 0 Å². The molecule has 5 nitrogen and oxygen atoms in total. The maximum Gasteiger partial charge on any atom is 0.237 e. The Bertz CT molecular complexity index is 268. The first-order valence-electron chi connectivity index (χ1n) is 6.22. The molecule has 3 atom stereocenters. The number of amides is 1. The molecule has 1 rings (SSSR count). The summed E-state index contributed by atoms with van der Waals surface area (Å²) in [6.07, 6.45) is 3.11. The van der Waals surface area contributed by atoms with Gasteiger partial charge in [-0.25, -0.2) is 0 Å². The summed E-state index contributed by atoms with van der Waals surface area (Å²) >= 11 is 0. The predicted octanol–water partition coefficient (Wildman–Crippen LogP) is 0.0785. The quantitative estimate of drug-likeness (QED) is 0.716. The minimum atomic E-state index is -0.931. The number of rotatable bonds is 5. The molecule has 1 saturated heterocycles. The highest BCUT2D eigenvalue weighted by Crippen LogP contribution is 2.19. The number of likely N-dealkylation sites (tertiary alicyclic amines) is 1. The van der Waals surface area contributed by atoms with Crippen molar-refractivity contribution in [1.29, 1.82) is 0 Å². The Labute approximate surface area is 103 Å². The second kappa shape index (κ2) is 5.80. The largest absolute Gasteiger partial charge is 0.380 e. The lowest BCUT2D eigenvalue weighted by Gasteiger charge is -2.38. The predicted molar refractivity (Wildman–Crippen MR) is 67.5 cm³/mol. The minimum absolute atomic E-state index is 0.246. The Hall–Kier alpha value is -0.650. The molecular formula is C12H25N3O2. The van der Waals surface area contributed by atoms with E-state index in [0.717, 1.165) is 25.9 Å². The lowest BCUT2D eigenvalue weighted by Crippen LogP contribution is -2.54. The van der Waals surface area contributed by atoms with Crippen LogP contribution < -0.4 is 11.5 Å². The smallest absolute Gasteiger partial charge is 0.237 e. The molecule has 1 amide bonds. The molecule has 1 aliphatic heterocycles. The zero-order chi connectivity index (χ0) is 13.1. The van der Waals surface area contributed by atoms with Crippen LogP contribution in [0.5, 0.6) is 0 Å². The summed E-state index contributed by atoms with van der Waals surface area (Å²) in [5.41, 5.74) is 10.3. The van der Waals surface area contributed by atoms with E-state index in [1.807, 2.05) is 0 Å². The SMILES string of the molecule is COC1CCCN(C(C)CC(C)(N)C(N)=O)C1. The van der Waals surface area contributed by atoms with Crippen LogP contribution in [0, 0.1) is 0 Å². The van der Waals surface area contributed by atoms with Crippen molar-refractivity contribution in [2.45, 2.75) is 50.8 Å². The zero-order valence-corrected chi connectivity index (χ0v) is 11.1. The molecule has 0 bridgehead atoms. The van der Waals surface area contributed by atoms with Crippen molar-refractivity contribution in [1.82, 2.24) is 4.90 Å². The number of carbonyl (C=O) groups is 1. The second-order valence-electron chi connectivity index (χ2n) is 5.33. The van der Waals surface area contributed by atoms with E-state index in [-0.39, 0.29) is 6.04 Å². The first-order chi connectivity index (χ1) is 7.86. The summed E-state index contributed by atoms with van der Waals surface area (Å²) in [6.45, 7) is 5.73. The highest BCUT2D eigenvalue weighted by Gasteiger charge is 2.32. The Morgan fingerprint density at radius 1 is 1.65 bits per heavy atom. The summed E-state index contributed by atoms with van der Waals surface area (Å²) in [5, 5.41) is 0. The molecule has 4 N–H and O–H groups in total. The van der Waals surface area contributed by atoms with Crippen molar-refractivity contribution in [3.05, 3.63) is 0 Å². The topological polar surface area (TPSA) is 81.6 Å². The van der Waals surface area contributed by atoms with Gasteiger partial charge in [-0.1, -0.05) is 0 Å². The highest BCUT2D eigenvalue weighted by atomic mass is 16.5. The summed E-state index contributed by atoms with van der Waals surface area (Å²) < 4.78 is 5.38. The van der Waals surface area contributed by atoms with Gasteiger partial charge in [0, 0.05) is 19.7 Å². The van der Waals surface area contributed by atoms with Gasteiger partial charge >= 0.3 is 0 Å². The first kappa shape index (κ1) is 14.4. The van der Waals surface area contributed by atoms with Crippen LogP contribution >= 0.6 is 0 Å². The van der Waals surface area contributed by atoms with Crippen LogP contribution in [0.25, 0.3) is 0 Å². The van der Waals surface area contributed by atoms with E-state index in [1.54, 1.807) is 14.0 Å². The van der Waals surface area contributed by atoms with Gasteiger partial charge < -0.3 is 16.2 Å². The van der Waals surface area contributed by atoms with Crippen molar-refractivity contribution >= 4 is 5.91 Å². The van der Waals surface area contributed by atoms with Crippen LogP contribution in [-0.2, 0) is 9.53 Å². The molecule has 1 fully saturated rings. The minimum Gasteiger partial charge on any atom is -0.380 e. The molecule has 0 spiro atoms. The van der Waals surface area contributed by atoms with E-state index < -0.39 is 11.4 Å². The summed E-state index contributed by atoms with van der Waals surface area (Å²) in [5.74, 6) is -0.440. The number of primary amides is 1. The van der Waals surface area contributed by atoms with Gasteiger partial charge in [-0.15, -0.1) is 0 Å². The molecular weight excluding hydrogens is 218 g/mol. The van der Waals surface area contributed by atoms with E-state index in [2.05, 4.69) is 11.8 Å². The summed E-state index contributed by atoms with van der Waals surface area (Å²) in [6, 6.07) is 0.246. The van der Waals surface area contributed by atoms with E-state index in [1.165, 1.54) is 0 Å². The summed E-state index contributed by atoms with van der Waals surface area (Å²) in [7, 11) is 1.75. The van der Waals surface area contributed by atoms with Crippen LogP contribution in [0.3, 0.4) is 0 Å². The van der Waals surface area contributed by atoms with Crippen LogP contribution in [-0.4, -0.2) is 48.7 Å². The fraction of sp³-hybridized carbons (Fsp3) is 0.917. The molecule has 0 saturated carbocycles. The standard InChI is InChI=1S/C12H25N3O2/c1-9(7-12(2,14)11(13)16)15-6-4-5-10(8-15)17-3/h9-10H,4-8,14H2,1-3H3,(H2,13,16). The average Bonchev–Trinajstić information content (AvgIpc) is 2.28. The van der Waals surface area contributed by atoms with Crippen molar-refractivity contribution < 1.29 is 9.53 Å². The molecule has 1 aliphatic rings. The Morgan fingerprint density at radius 2 is 2.29 bits per heavy atom. The normalized spacial score (nSPS) is 27.4. The van der Waals surface area contributed by atoms with E-state index in [9.17, 15) is 4.79 Å². The lowest BCUT2D eigenvalue weighted by molar-refractivity contribution is -0.123. The number of ether oxygens (including phenoxy) is 1. The van der Waals surface area contributed by atoms with Gasteiger partial charge in [0.2, 0.25) is 5.91 Å². The second-order valence-corrected chi connectivity index (χ2v) is 5.33. The molecule has 0 aromatic heterocycles. The van der Waals surface area contributed by atoms with E-state index in [4.69, 9.17) is 16.2 Å². The maximum absolute atomic E-state index is 11.2. The highest BCUT2D eigenvalue weighted by molar-refractivity contribution is 5.83. The number of hydrogen-bond acceptors (Lipinski definition) is 4. The van der Waals surface area contributed by atoms with Gasteiger partial charge in [-0.2, -0.15) is 0 Å². The molecule has 100 valence electrons. The third-order valence-corrected chi connectivity index (χ3v) is 3.65. The number of carbonyl (C=O) groups excluding carboxylic acids is 1. The molecule has 5 heteroatoms. The van der Waals surface area contributed by atoms with Gasteiger partial charge in [0.15, 0.2) is 0 Å². The number of nitrogens with two attached hydrogens (primary N) is 2. The van der Waals surface area contributed by atoms with Gasteiger partial charge in [0.05, 0.1) is 11.6 Å². The number of nitrogens with zero attached hydrogens (tertiary/aromatic N) is 1. The van der Waals surface area contributed by atoms with Crippen LogP contribution in [0.4, 0.5) is 0 Å². The van der Waals surface area contributed by atoms with Gasteiger partial charge in [0.1, 0.15) is 0 Å². The van der Waals surface area contributed by atoms with Crippen molar-refractivity contribution in [3.63, 3.8) is 0 Å². The maximum atomic E-state index is 11.2. The number of hydrogen-bond donors (Lipinski definition) is 2. The molecule has 17 heavy (non-hydrogen) atoms. The lowest BCUT2D eigenvalue weighted by atomic mass is 9.92. The van der Waals surface area contributed by atoms with E-state index >= 15 is 0 Å². The Morgan fingerprint density at radius 3 is 2.82 bits per heavy atom. The number of methoxy groups -OCH3 is 1. The van der Waals surface area contributed by atoms with Gasteiger partial charge in [-0.05, 0) is 39.7 Å². The third-order valence-electron chi connectivity index (χ3n) is 3.65. The molecule has 1 heterocycles. The fourth-order valence-corrected chi connectivity index (χ4v) is 2.40. The van der Waals surface area contributed by atoms with E-state index in [0.29, 0.717) is 12.5 Å².